The summed E-state index contributed by atoms with van der Waals surface area (Å²) in [5.41, 5.74) is 0. The minimum atomic E-state index is -0.166. The molecule has 42 valence electrons. The van der Waals surface area contributed by atoms with Crippen LogP contribution in [0.25, 0.3) is 0 Å². The number of rotatable bonds is 1. The first-order valence-corrected chi connectivity index (χ1v) is 2.89. The van der Waals surface area contributed by atoms with Crippen LogP contribution in [0.2, 0.25) is 0 Å². The van der Waals surface area contributed by atoms with Crippen LogP contribution in [0, 0.1) is 5.92 Å². The van der Waals surface area contributed by atoms with Crippen molar-refractivity contribution in [3.63, 3.8) is 0 Å². The number of hydrogen-bond donors (Lipinski definition) is 0. The second-order valence-electron chi connectivity index (χ2n) is 1.55. The molecule has 0 radical (unpaired) electrons. The van der Waals surface area contributed by atoms with Gasteiger partial charge in [0, 0.05) is 0 Å². The standard InChI is InChI=1S/C4H7IO2/c1-3(2)4(6)7-5/h3H,1-2H3. The minimum absolute atomic E-state index is 0.00287. The predicted molar refractivity (Wildman–Crippen MR) is 34.9 cm³/mol. The van der Waals surface area contributed by atoms with Gasteiger partial charge < -0.3 is 3.07 Å². The first-order chi connectivity index (χ1) is 3.18. The van der Waals surface area contributed by atoms with Crippen LogP contribution in [0.15, 0.2) is 0 Å². The molecule has 0 bridgehead atoms. The van der Waals surface area contributed by atoms with E-state index in [1.54, 1.807) is 36.9 Å². The summed E-state index contributed by atoms with van der Waals surface area (Å²) >= 11 is 1.58. The first kappa shape index (κ1) is 7.20. The zero-order valence-corrected chi connectivity index (χ0v) is 6.43. The molecule has 0 aromatic heterocycles. The Bertz CT molecular complexity index is 70.1. The molecule has 0 saturated carbocycles. The zero-order chi connectivity index (χ0) is 5.86. The lowest BCUT2D eigenvalue weighted by atomic mass is 10.2. The molecule has 0 aliphatic rings. The highest BCUT2D eigenvalue weighted by Crippen LogP contribution is 1.98. The van der Waals surface area contributed by atoms with Gasteiger partial charge in [0.25, 0.3) is 0 Å². The predicted octanol–water partition coefficient (Wildman–Crippen LogP) is 1.54. The van der Waals surface area contributed by atoms with E-state index < -0.39 is 0 Å². The maximum absolute atomic E-state index is 10.3. The van der Waals surface area contributed by atoms with E-state index in [0.29, 0.717) is 0 Å². The summed E-state index contributed by atoms with van der Waals surface area (Å²) in [6, 6.07) is 0. The molecule has 0 saturated heterocycles. The summed E-state index contributed by atoms with van der Waals surface area (Å²) in [4.78, 5) is 10.3. The van der Waals surface area contributed by atoms with Crippen LogP contribution < -0.4 is 0 Å². The summed E-state index contributed by atoms with van der Waals surface area (Å²) in [6.07, 6.45) is 0. The summed E-state index contributed by atoms with van der Waals surface area (Å²) in [7, 11) is 0. The largest absolute Gasteiger partial charge is 0.394 e. The first-order valence-electron chi connectivity index (χ1n) is 2.01. The fourth-order valence-electron chi connectivity index (χ4n) is 0.0891. The Morgan fingerprint density at radius 2 is 2.14 bits per heavy atom. The van der Waals surface area contributed by atoms with Crippen molar-refractivity contribution in [2.24, 2.45) is 5.92 Å². The van der Waals surface area contributed by atoms with Crippen LogP contribution in [0.1, 0.15) is 13.8 Å². The molecule has 0 unspecified atom stereocenters. The van der Waals surface area contributed by atoms with E-state index >= 15 is 0 Å². The lowest BCUT2D eigenvalue weighted by Gasteiger charge is -1.95. The third-order valence-electron chi connectivity index (χ3n) is 0.547. The van der Waals surface area contributed by atoms with Crippen molar-refractivity contribution in [3.05, 3.63) is 0 Å². The van der Waals surface area contributed by atoms with Crippen LogP contribution in [0.4, 0.5) is 0 Å². The Morgan fingerprint density at radius 1 is 1.71 bits per heavy atom. The monoisotopic (exact) mass is 214 g/mol. The molecular formula is C4H7IO2. The summed E-state index contributed by atoms with van der Waals surface area (Å²) in [5.74, 6) is -0.169. The fourth-order valence-corrected chi connectivity index (χ4v) is 0.598. The van der Waals surface area contributed by atoms with Crippen molar-refractivity contribution < 1.29 is 7.86 Å². The normalized spacial score (nSPS) is 9.14. The van der Waals surface area contributed by atoms with Gasteiger partial charge in [0.1, 0.15) is 0 Å². The van der Waals surface area contributed by atoms with Gasteiger partial charge in [0.15, 0.2) is 23.0 Å². The number of halogens is 1. The molecule has 0 atom stereocenters. The van der Waals surface area contributed by atoms with Crippen molar-refractivity contribution in [2.75, 3.05) is 0 Å². The van der Waals surface area contributed by atoms with Crippen LogP contribution in [-0.2, 0) is 7.86 Å². The molecule has 3 heteroatoms. The average Bonchev–Trinajstić information content (AvgIpc) is 1.65. The Labute approximate surface area is 56.9 Å². The van der Waals surface area contributed by atoms with Crippen LogP contribution >= 0.6 is 23.0 Å². The van der Waals surface area contributed by atoms with Gasteiger partial charge in [-0.1, -0.05) is 13.8 Å². The van der Waals surface area contributed by atoms with Crippen molar-refractivity contribution in [1.29, 1.82) is 0 Å². The topological polar surface area (TPSA) is 26.3 Å². The van der Waals surface area contributed by atoms with E-state index in [1.165, 1.54) is 0 Å². The van der Waals surface area contributed by atoms with E-state index in [1.807, 2.05) is 0 Å². The molecule has 0 aliphatic heterocycles. The van der Waals surface area contributed by atoms with Crippen LogP contribution in [0.5, 0.6) is 0 Å². The van der Waals surface area contributed by atoms with Gasteiger partial charge >= 0.3 is 5.97 Å². The number of carbonyl (C=O) groups excluding carboxylic acids is 1. The smallest absolute Gasteiger partial charge is 0.317 e. The molecule has 0 aliphatic carbocycles. The molecule has 0 fully saturated rings. The van der Waals surface area contributed by atoms with E-state index in [2.05, 4.69) is 3.07 Å². The Balaban J connectivity index is 3.35. The number of carbonyl (C=O) groups is 1. The SMILES string of the molecule is CC(C)C(=O)OI. The third kappa shape index (κ3) is 2.85. The highest BCUT2D eigenvalue weighted by atomic mass is 127. The average molecular weight is 214 g/mol. The van der Waals surface area contributed by atoms with Gasteiger partial charge in [-0.25, -0.2) is 0 Å². The zero-order valence-electron chi connectivity index (χ0n) is 4.27. The second kappa shape index (κ2) is 3.23. The molecule has 0 spiro atoms. The van der Waals surface area contributed by atoms with E-state index in [9.17, 15) is 4.79 Å². The fraction of sp³-hybridized carbons (Fsp3) is 0.750. The quantitative estimate of drug-likeness (QED) is 0.618. The van der Waals surface area contributed by atoms with Gasteiger partial charge in [-0.2, -0.15) is 0 Å². The van der Waals surface area contributed by atoms with Gasteiger partial charge in [-0.15, -0.1) is 0 Å². The van der Waals surface area contributed by atoms with Gasteiger partial charge in [-0.05, 0) is 0 Å². The second-order valence-corrected chi connectivity index (χ2v) is 1.99. The van der Waals surface area contributed by atoms with Crippen molar-refractivity contribution in [3.8, 4) is 0 Å². The third-order valence-corrected chi connectivity index (χ3v) is 0.982. The molecule has 7 heavy (non-hydrogen) atoms. The van der Waals surface area contributed by atoms with Gasteiger partial charge in [0.2, 0.25) is 0 Å². The summed E-state index contributed by atoms with van der Waals surface area (Å²) in [5, 5.41) is 0. The Kier molecular flexibility index (Phi) is 3.33. The highest BCUT2D eigenvalue weighted by molar-refractivity contribution is 14.1. The summed E-state index contributed by atoms with van der Waals surface area (Å²) in [6.45, 7) is 3.59. The van der Waals surface area contributed by atoms with Crippen molar-refractivity contribution in [2.45, 2.75) is 13.8 Å². The van der Waals surface area contributed by atoms with Crippen LogP contribution in [-0.4, -0.2) is 5.97 Å². The molecule has 0 heterocycles. The maximum Gasteiger partial charge on any atom is 0.317 e. The molecule has 0 N–H and O–H groups in total. The van der Waals surface area contributed by atoms with Crippen LogP contribution in [0.3, 0.4) is 0 Å². The molecule has 2 nitrogen and oxygen atoms in total. The molecule has 0 rings (SSSR count). The van der Waals surface area contributed by atoms with E-state index in [-0.39, 0.29) is 11.9 Å². The van der Waals surface area contributed by atoms with Gasteiger partial charge in [0.05, 0.1) is 5.92 Å². The van der Waals surface area contributed by atoms with Crippen molar-refractivity contribution in [1.82, 2.24) is 0 Å². The summed E-state index contributed by atoms with van der Waals surface area (Å²) < 4.78 is 4.34. The van der Waals surface area contributed by atoms with E-state index in [0.717, 1.165) is 0 Å². The van der Waals surface area contributed by atoms with E-state index in [4.69, 9.17) is 0 Å². The van der Waals surface area contributed by atoms with Crippen molar-refractivity contribution >= 4 is 29.0 Å². The maximum atomic E-state index is 10.3. The minimum Gasteiger partial charge on any atom is -0.394 e. The number of hydrogen-bond acceptors (Lipinski definition) is 2. The molecular weight excluding hydrogens is 207 g/mol. The Morgan fingerprint density at radius 3 is 2.14 bits per heavy atom. The highest BCUT2D eigenvalue weighted by Gasteiger charge is 2.04. The lowest BCUT2D eigenvalue weighted by Crippen LogP contribution is -2.04. The molecule has 0 aromatic carbocycles. The molecule has 0 aromatic rings. The lowest BCUT2D eigenvalue weighted by molar-refractivity contribution is -0.134. The Hall–Kier alpha value is 0.200. The van der Waals surface area contributed by atoms with Gasteiger partial charge in [-0.3, -0.25) is 4.79 Å². The molecule has 0 amide bonds.